The molecule has 1 fully saturated rings. The van der Waals surface area contributed by atoms with Crippen LogP contribution in [0, 0.1) is 12.7 Å². The largest absolute Gasteiger partial charge is 0.459 e. The fourth-order valence-electron chi connectivity index (χ4n) is 5.14. The molecule has 0 aromatic heterocycles. The number of ether oxygens (including phenoxy) is 1. The summed E-state index contributed by atoms with van der Waals surface area (Å²) in [6.45, 7) is 9.67. The Labute approximate surface area is 233 Å². The first kappa shape index (κ1) is 27.0. The molecule has 0 saturated carbocycles. The molecule has 9 heteroatoms. The minimum Gasteiger partial charge on any atom is -0.459 e. The van der Waals surface area contributed by atoms with Gasteiger partial charge in [-0.05, 0) is 50.8 Å². The molecular formula is C30H33FN4O3S. The number of benzene rings is 2. The highest BCUT2D eigenvalue weighted by Gasteiger charge is 2.41. The number of halogens is 1. The van der Waals surface area contributed by atoms with Gasteiger partial charge < -0.3 is 19.4 Å². The average Bonchev–Trinajstić information content (AvgIpc) is 3.30. The SMILES string of the molecule is CC1=C(C(=O)OC(C)C)[C@@H](c2ccc(C)cc2)N2C(CC(=O)N3CCN(c4ccccc4F)CC3)=CSC2=N1. The predicted molar refractivity (Wildman–Crippen MR) is 153 cm³/mol. The second-order valence-electron chi connectivity index (χ2n) is 10.3. The molecule has 0 spiro atoms. The molecule has 39 heavy (non-hydrogen) atoms. The summed E-state index contributed by atoms with van der Waals surface area (Å²) in [6, 6.07) is 14.4. The number of thioether (sulfide) groups is 1. The standard InChI is InChI=1S/C30H33FN4O3S/c1-19(2)38-29(37)27-21(4)32-30-35(28(27)22-11-9-20(3)10-12-22)23(18-39-30)17-26(36)34-15-13-33(14-16-34)25-8-6-5-7-24(25)31/h5-12,18-19,28H,13-17H2,1-4H3/t28-/m1/s1. The van der Waals surface area contributed by atoms with Gasteiger partial charge in [-0.1, -0.05) is 53.7 Å². The van der Waals surface area contributed by atoms with E-state index in [4.69, 9.17) is 9.73 Å². The highest BCUT2D eigenvalue weighted by molar-refractivity contribution is 8.16. The molecule has 1 amide bonds. The average molecular weight is 549 g/mol. The maximum atomic E-state index is 14.3. The lowest BCUT2D eigenvalue weighted by Gasteiger charge is -2.38. The molecule has 1 atom stereocenters. The maximum absolute atomic E-state index is 14.3. The summed E-state index contributed by atoms with van der Waals surface area (Å²) in [7, 11) is 0. The monoisotopic (exact) mass is 548 g/mol. The minimum atomic E-state index is -0.448. The number of hydrogen-bond donors (Lipinski definition) is 0. The van der Waals surface area contributed by atoms with Crippen LogP contribution < -0.4 is 4.90 Å². The fraction of sp³-hybridized carbons (Fsp3) is 0.367. The zero-order chi connectivity index (χ0) is 27.7. The van der Waals surface area contributed by atoms with Gasteiger partial charge >= 0.3 is 5.97 Å². The van der Waals surface area contributed by atoms with E-state index < -0.39 is 12.0 Å². The number of piperazine rings is 1. The summed E-state index contributed by atoms with van der Waals surface area (Å²) < 4.78 is 19.9. The lowest BCUT2D eigenvalue weighted by Crippen LogP contribution is -2.49. The van der Waals surface area contributed by atoms with Crippen LogP contribution >= 0.6 is 11.8 Å². The summed E-state index contributed by atoms with van der Waals surface area (Å²) in [5, 5.41) is 2.70. The Morgan fingerprint density at radius 2 is 1.74 bits per heavy atom. The van der Waals surface area contributed by atoms with E-state index >= 15 is 0 Å². The molecule has 0 radical (unpaired) electrons. The van der Waals surface area contributed by atoms with Gasteiger partial charge in [-0.2, -0.15) is 0 Å². The number of anilines is 1. The Hall–Kier alpha value is -3.59. The minimum absolute atomic E-state index is 0.00322. The van der Waals surface area contributed by atoms with E-state index in [0.717, 1.165) is 22.0 Å². The van der Waals surface area contributed by atoms with Gasteiger partial charge in [0.05, 0.1) is 35.5 Å². The summed E-state index contributed by atoms with van der Waals surface area (Å²) >= 11 is 1.46. The first-order chi connectivity index (χ1) is 18.7. The molecule has 7 nitrogen and oxygen atoms in total. The van der Waals surface area contributed by atoms with Gasteiger partial charge in [0.15, 0.2) is 5.17 Å². The van der Waals surface area contributed by atoms with Gasteiger partial charge in [0.1, 0.15) is 5.82 Å². The molecule has 2 aromatic rings. The van der Waals surface area contributed by atoms with Crippen LogP contribution in [0.25, 0.3) is 0 Å². The molecule has 0 bridgehead atoms. The van der Waals surface area contributed by atoms with Crippen LogP contribution in [-0.4, -0.2) is 59.1 Å². The van der Waals surface area contributed by atoms with Crippen molar-refractivity contribution in [1.82, 2.24) is 9.80 Å². The molecular weight excluding hydrogens is 515 g/mol. The van der Waals surface area contributed by atoms with Crippen molar-refractivity contribution in [2.45, 2.75) is 46.3 Å². The molecule has 3 heterocycles. The number of carbonyl (C=O) groups is 2. The third-order valence-electron chi connectivity index (χ3n) is 7.11. The van der Waals surface area contributed by atoms with Crippen LogP contribution in [0.4, 0.5) is 10.1 Å². The van der Waals surface area contributed by atoms with E-state index in [2.05, 4.69) is 0 Å². The summed E-state index contributed by atoms with van der Waals surface area (Å²) in [5.41, 5.74) is 4.52. The van der Waals surface area contributed by atoms with E-state index in [1.54, 1.807) is 12.1 Å². The fourth-order valence-corrected chi connectivity index (χ4v) is 6.11. The van der Waals surface area contributed by atoms with E-state index in [1.807, 2.05) is 78.1 Å². The number of para-hydroxylation sites is 1. The van der Waals surface area contributed by atoms with Gasteiger partial charge in [-0.25, -0.2) is 14.2 Å². The number of carbonyl (C=O) groups excluding carboxylic acids is 2. The first-order valence-electron chi connectivity index (χ1n) is 13.2. The first-order valence-corrected chi connectivity index (χ1v) is 14.1. The van der Waals surface area contributed by atoms with Crippen molar-refractivity contribution in [3.8, 4) is 0 Å². The second kappa shape index (κ2) is 11.3. The summed E-state index contributed by atoms with van der Waals surface area (Å²) in [4.78, 5) is 37.3. The summed E-state index contributed by atoms with van der Waals surface area (Å²) in [5.74, 6) is -0.654. The van der Waals surface area contributed by atoms with Gasteiger partial charge in [-0.3, -0.25) is 4.79 Å². The van der Waals surface area contributed by atoms with Crippen molar-refractivity contribution >= 4 is 34.5 Å². The van der Waals surface area contributed by atoms with Crippen LogP contribution in [-0.2, 0) is 14.3 Å². The maximum Gasteiger partial charge on any atom is 0.338 e. The number of hydrogen-bond acceptors (Lipinski definition) is 7. The van der Waals surface area contributed by atoms with Crippen LogP contribution in [0.1, 0.15) is 44.4 Å². The van der Waals surface area contributed by atoms with Crippen LogP contribution in [0.5, 0.6) is 0 Å². The van der Waals surface area contributed by atoms with Crippen molar-refractivity contribution < 1.29 is 18.7 Å². The number of fused-ring (bicyclic) bond motifs is 1. The van der Waals surface area contributed by atoms with Crippen molar-refractivity contribution in [2.75, 3.05) is 31.1 Å². The Morgan fingerprint density at radius 1 is 1.05 bits per heavy atom. The van der Waals surface area contributed by atoms with Gasteiger partial charge in [0.2, 0.25) is 5.91 Å². The smallest absolute Gasteiger partial charge is 0.338 e. The molecule has 0 N–H and O–H groups in total. The molecule has 0 aliphatic carbocycles. The van der Waals surface area contributed by atoms with Gasteiger partial charge in [-0.15, -0.1) is 0 Å². The highest BCUT2D eigenvalue weighted by atomic mass is 32.2. The Kier molecular flexibility index (Phi) is 7.79. The third-order valence-corrected chi connectivity index (χ3v) is 8.00. The number of amidine groups is 1. The molecule has 5 rings (SSSR count). The van der Waals surface area contributed by atoms with Crippen LogP contribution in [0.2, 0.25) is 0 Å². The van der Waals surface area contributed by atoms with E-state index in [0.29, 0.717) is 43.1 Å². The van der Waals surface area contributed by atoms with Crippen molar-refractivity contribution in [2.24, 2.45) is 4.99 Å². The number of nitrogens with zero attached hydrogens (tertiary/aromatic N) is 4. The van der Waals surface area contributed by atoms with Crippen LogP contribution in [0.15, 0.2) is 75.9 Å². The molecule has 3 aliphatic rings. The van der Waals surface area contributed by atoms with E-state index in [-0.39, 0.29) is 24.2 Å². The number of esters is 1. The lowest BCUT2D eigenvalue weighted by atomic mass is 9.93. The normalized spacial score (nSPS) is 19.2. The van der Waals surface area contributed by atoms with Crippen molar-refractivity contribution in [1.29, 1.82) is 0 Å². The second-order valence-corrected chi connectivity index (χ2v) is 11.1. The zero-order valence-electron chi connectivity index (χ0n) is 22.7. The zero-order valence-corrected chi connectivity index (χ0v) is 23.5. The van der Waals surface area contributed by atoms with Gasteiger partial charge in [0.25, 0.3) is 0 Å². The lowest BCUT2D eigenvalue weighted by molar-refractivity contribution is -0.143. The molecule has 2 aromatic carbocycles. The topological polar surface area (TPSA) is 65.5 Å². The molecule has 3 aliphatic heterocycles. The molecule has 0 unspecified atom stereocenters. The third kappa shape index (κ3) is 5.59. The van der Waals surface area contributed by atoms with Crippen LogP contribution in [0.3, 0.4) is 0 Å². The quantitative estimate of drug-likeness (QED) is 0.451. The van der Waals surface area contributed by atoms with Crippen molar-refractivity contribution in [3.63, 3.8) is 0 Å². The molecule has 1 saturated heterocycles. The highest BCUT2D eigenvalue weighted by Crippen LogP contribution is 2.45. The van der Waals surface area contributed by atoms with E-state index in [1.165, 1.54) is 17.8 Å². The summed E-state index contributed by atoms with van der Waals surface area (Å²) in [6.07, 6.45) is -0.0889. The number of aliphatic imine (C=N–C) groups is 1. The van der Waals surface area contributed by atoms with Crippen molar-refractivity contribution in [3.05, 3.63) is 87.9 Å². The Balaban J connectivity index is 1.36. The molecule has 204 valence electrons. The van der Waals surface area contributed by atoms with Gasteiger partial charge in [0, 0.05) is 31.9 Å². The number of rotatable bonds is 6. The Bertz CT molecular complexity index is 1360. The van der Waals surface area contributed by atoms with E-state index in [9.17, 15) is 14.0 Å². The number of aryl methyl sites for hydroxylation is 1. The number of amides is 1. The predicted octanol–water partition coefficient (Wildman–Crippen LogP) is 5.40. The number of allylic oxidation sites excluding steroid dienone is 1. The Morgan fingerprint density at radius 3 is 2.41 bits per heavy atom.